The van der Waals surface area contributed by atoms with Crippen LogP contribution in [0.5, 0.6) is 0 Å². The van der Waals surface area contributed by atoms with Gasteiger partial charge in [-0.1, -0.05) is 11.8 Å². The van der Waals surface area contributed by atoms with Gasteiger partial charge in [-0.05, 0) is 34.6 Å². The van der Waals surface area contributed by atoms with Crippen molar-refractivity contribution in [1.29, 1.82) is 0 Å². The van der Waals surface area contributed by atoms with E-state index in [2.05, 4.69) is 15.5 Å². The lowest BCUT2D eigenvalue weighted by atomic mass is 10.0. The molecule has 1 rings (SSSR count). The number of carbonyl (C=O) groups excluding carboxylic acids is 1. The summed E-state index contributed by atoms with van der Waals surface area (Å²) in [5, 5.41) is 12.2. The molecule has 0 amide bonds. The molecule has 1 aromatic heterocycles. The van der Waals surface area contributed by atoms with Crippen molar-refractivity contribution in [3.63, 3.8) is 0 Å². The van der Waals surface area contributed by atoms with E-state index < -0.39 is 5.54 Å². The molecule has 0 fully saturated rings. The van der Waals surface area contributed by atoms with Gasteiger partial charge in [-0.2, -0.15) is 0 Å². The molecule has 0 aliphatic carbocycles. The Kier molecular flexibility index (Phi) is 6.01. The van der Waals surface area contributed by atoms with E-state index in [4.69, 9.17) is 4.74 Å². The van der Waals surface area contributed by atoms with Crippen LogP contribution in [0.2, 0.25) is 0 Å². The Bertz CT molecular complexity index is 461. The zero-order valence-corrected chi connectivity index (χ0v) is 13.9. The molecule has 114 valence electrons. The van der Waals surface area contributed by atoms with Crippen LogP contribution in [0.1, 0.15) is 33.5 Å². The van der Waals surface area contributed by atoms with E-state index in [0.29, 0.717) is 12.4 Å². The normalized spacial score (nSPS) is 14.3. The summed E-state index contributed by atoms with van der Waals surface area (Å²) in [6, 6.07) is 0.186. The van der Waals surface area contributed by atoms with Gasteiger partial charge in [-0.3, -0.25) is 10.1 Å². The number of nitrogens with one attached hydrogen (secondary N) is 1. The summed E-state index contributed by atoms with van der Waals surface area (Å²) in [6.45, 7) is 9.97. The minimum atomic E-state index is -0.741. The predicted octanol–water partition coefficient (Wildman–Crippen LogP) is 1.54. The molecule has 0 saturated carbocycles. The van der Waals surface area contributed by atoms with Crippen LogP contribution in [0.25, 0.3) is 0 Å². The predicted molar refractivity (Wildman–Crippen MR) is 79.8 cm³/mol. The van der Waals surface area contributed by atoms with Gasteiger partial charge in [0.25, 0.3) is 0 Å². The largest absolute Gasteiger partial charge is 0.465 e. The zero-order valence-electron chi connectivity index (χ0n) is 13.1. The van der Waals surface area contributed by atoms with Crippen molar-refractivity contribution >= 4 is 17.7 Å². The van der Waals surface area contributed by atoms with E-state index in [1.807, 2.05) is 46.2 Å². The highest BCUT2D eigenvalue weighted by Gasteiger charge is 2.35. The van der Waals surface area contributed by atoms with Crippen molar-refractivity contribution in [1.82, 2.24) is 20.1 Å². The third kappa shape index (κ3) is 4.21. The van der Waals surface area contributed by atoms with Gasteiger partial charge in [0.15, 0.2) is 5.16 Å². The minimum absolute atomic E-state index is 0.186. The average molecular weight is 300 g/mol. The maximum atomic E-state index is 12.2. The summed E-state index contributed by atoms with van der Waals surface area (Å²) >= 11 is 1.50. The zero-order chi connectivity index (χ0) is 15.3. The first-order valence-electron chi connectivity index (χ1n) is 6.74. The highest BCUT2D eigenvalue weighted by atomic mass is 32.2. The van der Waals surface area contributed by atoms with Crippen molar-refractivity contribution in [2.75, 3.05) is 12.4 Å². The standard InChI is InChI=1S/C13H24N4O2S/c1-7-19-11(18)13(5,14-9(2)3)8-20-12-16-15-10(4)17(12)6/h9,14H,7-8H2,1-6H3. The molecule has 1 unspecified atom stereocenters. The molecule has 0 aliphatic rings. The van der Waals surface area contributed by atoms with Crippen LogP contribution in [0, 0.1) is 6.92 Å². The lowest BCUT2D eigenvalue weighted by molar-refractivity contribution is -0.149. The van der Waals surface area contributed by atoms with Gasteiger partial charge >= 0.3 is 5.97 Å². The van der Waals surface area contributed by atoms with Gasteiger partial charge in [0.2, 0.25) is 0 Å². The number of carbonyl (C=O) groups is 1. The Hall–Kier alpha value is -1.08. The second-order valence-electron chi connectivity index (χ2n) is 5.23. The number of hydrogen-bond donors (Lipinski definition) is 1. The Balaban J connectivity index is 2.79. The van der Waals surface area contributed by atoms with E-state index in [9.17, 15) is 4.79 Å². The van der Waals surface area contributed by atoms with Crippen LogP contribution in [-0.2, 0) is 16.6 Å². The average Bonchev–Trinajstić information content (AvgIpc) is 2.67. The van der Waals surface area contributed by atoms with Crippen LogP contribution in [0.4, 0.5) is 0 Å². The molecule has 1 aromatic rings. The molecule has 0 saturated heterocycles. The van der Waals surface area contributed by atoms with Crippen molar-refractivity contribution in [3.05, 3.63) is 5.82 Å². The molecule has 1 N–H and O–H groups in total. The SMILES string of the molecule is CCOC(=O)C(C)(CSc1nnc(C)n1C)NC(C)C. The summed E-state index contributed by atoms with van der Waals surface area (Å²) in [5.41, 5.74) is -0.741. The number of nitrogens with zero attached hydrogens (tertiary/aromatic N) is 3. The van der Waals surface area contributed by atoms with Crippen molar-refractivity contribution in [2.24, 2.45) is 7.05 Å². The van der Waals surface area contributed by atoms with E-state index in [1.54, 1.807) is 0 Å². The van der Waals surface area contributed by atoms with Gasteiger partial charge in [0, 0.05) is 18.8 Å². The minimum Gasteiger partial charge on any atom is -0.465 e. The molecule has 0 aromatic carbocycles. The lowest BCUT2D eigenvalue weighted by Crippen LogP contribution is -2.55. The quantitative estimate of drug-likeness (QED) is 0.608. The number of esters is 1. The number of ether oxygens (including phenoxy) is 1. The molecule has 0 bridgehead atoms. The molecule has 20 heavy (non-hydrogen) atoms. The highest BCUT2D eigenvalue weighted by molar-refractivity contribution is 7.99. The first-order valence-corrected chi connectivity index (χ1v) is 7.72. The molecule has 7 heteroatoms. The van der Waals surface area contributed by atoms with E-state index in [1.165, 1.54) is 11.8 Å². The van der Waals surface area contributed by atoms with Crippen LogP contribution in [0.3, 0.4) is 0 Å². The van der Waals surface area contributed by atoms with Crippen LogP contribution in [0.15, 0.2) is 5.16 Å². The Morgan fingerprint density at radius 2 is 2.15 bits per heavy atom. The van der Waals surface area contributed by atoms with Gasteiger partial charge in [0.1, 0.15) is 11.4 Å². The first kappa shape index (κ1) is 17.0. The van der Waals surface area contributed by atoms with Crippen LogP contribution >= 0.6 is 11.8 Å². The van der Waals surface area contributed by atoms with E-state index in [0.717, 1.165) is 11.0 Å². The number of rotatable bonds is 7. The number of aromatic nitrogens is 3. The number of thioether (sulfide) groups is 1. The van der Waals surface area contributed by atoms with Gasteiger partial charge in [-0.25, -0.2) is 0 Å². The molecular weight excluding hydrogens is 276 g/mol. The van der Waals surface area contributed by atoms with Gasteiger partial charge in [-0.15, -0.1) is 10.2 Å². The number of aryl methyl sites for hydroxylation is 1. The molecule has 0 aliphatic heterocycles. The lowest BCUT2D eigenvalue weighted by Gasteiger charge is -2.30. The Labute approximate surface area is 124 Å². The second-order valence-corrected chi connectivity index (χ2v) is 6.17. The summed E-state index contributed by atoms with van der Waals surface area (Å²) in [4.78, 5) is 12.2. The maximum absolute atomic E-state index is 12.2. The topological polar surface area (TPSA) is 69.0 Å². The maximum Gasteiger partial charge on any atom is 0.326 e. The van der Waals surface area contributed by atoms with Crippen LogP contribution < -0.4 is 5.32 Å². The third-order valence-electron chi connectivity index (χ3n) is 2.88. The molecular formula is C13H24N4O2S. The summed E-state index contributed by atoms with van der Waals surface area (Å²) in [6.07, 6.45) is 0. The van der Waals surface area contributed by atoms with Gasteiger partial charge < -0.3 is 9.30 Å². The van der Waals surface area contributed by atoms with Crippen molar-refractivity contribution in [2.45, 2.75) is 51.4 Å². The molecule has 1 heterocycles. The molecule has 0 radical (unpaired) electrons. The third-order valence-corrected chi connectivity index (χ3v) is 4.21. The van der Waals surface area contributed by atoms with E-state index >= 15 is 0 Å². The Morgan fingerprint density at radius 3 is 2.60 bits per heavy atom. The first-order chi connectivity index (χ1) is 9.30. The fourth-order valence-electron chi connectivity index (χ4n) is 1.81. The molecule has 6 nitrogen and oxygen atoms in total. The summed E-state index contributed by atoms with van der Waals surface area (Å²) in [7, 11) is 1.91. The smallest absolute Gasteiger partial charge is 0.326 e. The fourth-order valence-corrected chi connectivity index (χ4v) is 2.85. The monoisotopic (exact) mass is 300 g/mol. The van der Waals surface area contributed by atoms with Gasteiger partial charge in [0.05, 0.1) is 6.61 Å². The molecule has 1 atom stereocenters. The summed E-state index contributed by atoms with van der Waals surface area (Å²) < 4.78 is 7.08. The molecule has 0 spiro atoms. The summed E-state index contributed by atoms with van der Waals surface area (Å²) in [5.74, 6) is 1.15. The van der Waals surface area contributed by atoms with Crippen molar-refractivity contribution in [3.8, 4) is 0 Å². The second kappa shape index (κ2) is 7.08. The number of hydrogen-bond acceptors (Lipinski definition) is 6. The Morgan fingerprint density at radius 1 is 1.50 bits per heavy atom. The van der Waals surface area contributed by atoms with Crippen molar-refractivity contribution < 1.29 is 9.53 Å². The highest BCUT2D eigenvalue weighted by Crippen LogP contribution is 2.22. The fraction of sp³-hybridized carbons (Fsp3) is 0.769. The van der Waals surface area contributed by atoms with Crippen LogP contribution in [-0.4, -0.2) is 44.7 Å². The van der Waals surface area contributed by atoms with E-state index in [-0.39, 0.29) is 12.0 Å².